The Morgan fingerprint density at radius 1 is 0.611 bits per heavy atom. The van der Waals surface area contributed by atoms with Gasteiger partial charge in [-0.2, -0.15) is 12.6 Å². The van der Waals surface area contributed by atoms with Crippen molar-refractivity contribution in [2.75, 3.05) is 67.7 Å². The Morgan fingerprint density at radius 3 is 1.11 bits per heavy atom. The van der Waals surface area contributed by atoms with Crippen LogP contribution in [0.1, 0.15) is 26.7 Å². The Kier molecular flexibility index (Phi) is 25.4. The molecule has 0 aliphatic rings. The van der Waals surface area contributed by atoms with E-state index in [-0.39, 0.29) is 0 Å². The first-order valence-electron chi connectivity index (χ1n) is 6.95. The Bertz CT molecular complexity index is 116. The molecule has 0 aliphatic heterocycles. The van der Waals surface area contributed by atoms with E-state index in [2.05, 4.69) is 62.6 Å². The fourth-order valence-electron chi connectivity index (χ4n) is 1.43. The van der Waals surface area contributed by atoms with Gasteiger partial charge in [0.25, 0.3) is 0 Å². The molecule has 0 atom stereocenters. The van der Waals surface area contributed by atoms with E-state index in [9.17, 15) is 0 Å². The first kappa shape index (κ1) is 23.3. The second kappa shape index (κ2) is 19.6. The number of thiol groups is 1. The predicted octanol–water partition coefficient (Wildman–Crippen LogP) is 2.39. The van der Waals surface area contributed by atoms with Crippen molar-refractivity contribution in [3.8, 4) is 0 Å². The summed E-state index contributed by atoms with van der Waals surface area (Å²) in [6.07, 6.45) is 4.23. The molecule has 0 bridgehead atoms. The molecule has 0 aromatic carbocycles. The molecule has 0 aromatic rings. The molecule has 0 fully saturated rings. The maximum atomic E-state index is 3.53. The van der Waals surface area contributed by atoms with Gasteiger partial charge in [-0.15, -0.1) is 0 Å². The molecule has 0 unspecified atom stereocenters. The number of rotatable bonds is 8. The lowest BCUT2D eigenvalue weighted by molar-refractivity contribution is 0.281. The first-order chi connectivity index (χ1) is 8.52. The molecule has 0 spiro atoms. The minimum absolute atomic E-state index is 1.19. The van der Waals surface area contributed by atoms with E-state index < -0.39 is 0 Å². The van der Waals surface area contributed by atoms with E-state index in [1.807, 2.05) is 13.8 Å². The van der Waals surface area contributed by atoms with Crippen molar-refractivity contribution in [3.05, 3.63) is 0 Å². The summed E-state index contributed by atoms with van der Waals surface area (Å²) in [5.74, 6) is 0. The average molecular weight is 280 g/mol. The normalized spacial score (nSPS) is 10.0. The zero-order valence-corrected chi connectivity index (χ0v) is 14.9. The van der Waals surface area contributed by atoms with Crippen LogP contribution >= 0.6 is 12.6 Å². The fraction of sp³-hybridized carbons (Fsp3) is 1.00. The van der Waals surface area contributed by atoms with Crippen LogP contribution in [0.3, 0.4) is 0 Å². The molecule has 0 radical (unpaired) electrons. The summed E-state index contributed by atoms with van der Waals surface area (Å²) >= 11 is 3.53. The summed E-state index contributed by atoms with van der Waals surface area (Å²) in [4.78, 5) is 6.91. The second-order valence-corrected chi connectivity index (χ2v) is 4.62. The lowest BCUT2D eigenvalue weighted by atomic mass is 10.3. The van der Waals surface area contributed by atoms with Gasteiger partial charge in [-0.1, -0.05) is 13.8 Å². The highest BCUT2D eigenvalue weighted by Gasteiger charge is 1.99. The van der Waals surface area contributed by atoms with Crippen LogP contribution in [0.15, 0.2) is 0 Å². The van der Waals surface area contributed by atoms with Gasteiger partial charge in [0.2, 0.25) is 0 Å². The third-order valence-corrected chi connectivity index (χ3v) is 2.29. The van der Waals surface area contributed by atoms with E-state index in [1.54, 1.807) is 6.26 Å². The van der Waals surface area contributed by atoms with Gasteiger partial charge in [-0.05, 0) is 80.5 Å². The molecule has 0 heterocycles. The van der Waals surface area contributed by atoms with Gasteiger partial charge in [0.1, 0.15) is 0 Å². The lowest BCUT2D eigenvalue weighted by Crippen LogP contribution is -2.26. The minimum Gasteiger partial charge on any atom is -0.309 e. The zero-order chi connectivity index (χ0) is 15.0. The third kappa shape index (κ3) is 25.2. The van der Waals surface area contributed by atoms with Crippen LogP contribution in [0.2, 0.25) is 0 Å². The zero-order valence-electron chi connectivity index (χ0n) is 14.0. The summed E-state index contributed by atoms with van der Waals surface area (Å²) in [6, 6.07) is 0. The predicted molar refractivity (Wildman–Crippen MR) is 90.1 cm³/mol. The summed E-state index contributed by atoms with van der Waals surface area (Å²) < 4.78 is 0. The van der Waals surface area contributed by atoms with Crippen molar-refractivity contribution in [3.63, 3.8) is 0 Å². The molecule has 3 nitrogen and oxygen atoms in total. The number of hydrogen-bond donors (Lipinski definition) is 1. The topological polar surface area (TPSA) is 9.72 Å². The summed E-state index contributed by atoms with van der Waals surface area (Å²) in [7, 11) is 10.7. The molecule has 0 rings (SSSR count). The van der Waals surface area contributed by atoms with Crippen molar-refractivity contribution in [1.29, 1.82) is 0 Å². The molecule has 0 aliphatic carbocycles. The maximum absolute atomic E-state index is 3.53. The molecular weight excluding hydrogens is 242 g/mol. The largest absolute Gasteiger partial charge is 0.309 e. The molecule has 0 saturated heterocycles. The summed E-state index contributed by atoms with van der Waals surface area (Å²) in [5, 5.41) is 0. The first-order valence-corrected chi connectivity index (χ1v) is 7.84. The van der Waals surface area contributed by atoms with Crippen LogP contribution < -0.4 is 0 Å². The monoisotopic (exact) mass is 279 g/mol. The smallest absolute Gasteiger partial charge is 0.000959 e. The molecule has 0 aromatic heterocycles. The highest BCUT2D eigenvalue weighted by molar-refractivity contribution is 7.79. The van der Waals surface area contributed by atoms with Gasteiger partial charge in [0.05, 0.1) is 0 Å². The molecule has 0 amide bonds. The quantitative estimate of drug-likeness (QED) is 0.684. The van der Waals surface area contributed by atoms with Gasteiger partial charge in [-0.25, -0.2) is 0 Å². The van der Waals surface area contributed by atoms with E-state index in [4.69, 9.17) is 0 Å². The highest BCUT2D eigenvalue weighted by Crippen LogP contribution is 1.92. The molecule has 114 valence electrons. The van der Waals surface area contributed by atoms with E-state index in [1.165, 1.54) is 39.0 Å². The molecular formula is C14H37N3S. The molecule has 4 heteroatoms. The molecule has 18 heavy (non-hydrogen) atoms. The van der Waals surface area contributed by atoms with Crippen molar-refractivity contribution >= 4 is 12.6 Å². The summed E-state index contributed by atoms with van der Waals surface area (Å²) in [6.45, 7) is 8.81. The SMILES string of the molecule is CC.CN(C)CCCN(C)CCCN(C)C.CS. The average Bonchev–Trinajstić information content (AvgIpc) is 2.33. The number of nitrogens with zero attached hydrogens (tertiary/aromatic N) is 3. The molecule has 0 saturated carbocycles. The third-order valence-electron chi connectivity index (χ3n) is 2.29. The lowest BCUT2D eigenvalue weighted by Gasteiger charge is -2.19. The van der Waals surface area contributed by atoms with Crippen LogP contribution in [-0.2, 0) is 0 Å². The second-order valence-electron chi connectivity index (χ2n) is 4.62. The van der Waals surface area contributed by atoms with E-state index in [0.717, 1.165) is 0 Å². The fourth-order valence-corrected chi connectivity index (χ4v) is 1.43. The summed E-state index contributed by atoms with van der Waals surface area (Å²) in [5.41, 5.74) is 0. The van der Waals surface area contributed by atoms with Crippen molar-refractivity contribution in [1.82, 2.24) is 14.7 Å². The van der Waals surface area contributed by atoms with Crippen LogP contribution in [0.4, 0.5) is 0 Å². The van der Waals surface area contributed by atoms with Gasteiger partial charge >= 0.3 is 0 Å². The standard InChI is InChI=1S/C11H27N3.C2H6.CH4S/c1-12(2)8-6-10-14(5)11-7-9-13(3)4;2*1-2/h6-11H2,1-5H3;1-2H3;2H,1H3. The van der Waals surface area contributed by atoms with Gasteiger partial charge in [-0.3, -0.25) is 0 Å². The Morgan fingerprint density at radius 2 is 0.889 bits per heavy atom. The van der Waals surface area contributed by atoms with Crippen LogP contribution in [0, 0.1) is 0 Å². The minimum atomic E-state index is 1.19. The van der Waals surface area contributed by atoms with Crippen LogP contribution in [0.25, 0.3) is 0 Å². The Labute approximate surface area is 122 Å². The van der Waals surface area contributed by atoms with Gasteiger partial charge in [0.15, 0.2) is 0 Å². The van der Waals surface area contributed by atoms with Gasteiger partial charge in [0, 0.05) is 0 Å². The van der Waals surface area contributed by atoms with Crippen LogP contribution in [-0.4, -0.2) is 82.4 Å². The van der Waals surface area contributed by atoms with E-state index in [0.29, 0.717) is 0 Å². The number of hydrogen-bond acceptors (Lipinski definition) is 4. The highest BCUT2D eigenvalue weighted by atomic mass is 32.1. The molecule has 0 N–H and O–H groups in total. The van der Waals surface area contributed by atoms with E-state index >= 15 is 0 Å². The van der Waals surface area contributed by atoms with Crippen molar-refractivity contribution in [2.45, 2.75) is 26.7 Å². The Balaban J connectivity index is -0.000000506. The van der Waals surface area contributed by atoms with Gasteiger partial charge < -0.3 is 14.7 Å². The Hall–Kier alpha value is 0.230. The van der Waals surface area contributed by atoms with Crippen molar-refractivity contribution < 1.29 is 0 Å². The van der Waals surface area contributed by atoms with Crippen LogP contribution in [0.5, 0.6) is 0 Å². The van der Waals surface area contributed by atoms with Crippen molar-refractivity contribution in [2.24, 2.45) is 0 Å². The maximum Gasteiger partial charge on any atom is -0.000959 e.